The summed E-state index contributed by atoms with van der Waals surface area (Å²) in [5, 5.41) is 9.75. The van der Waals surface area contributed by atoms with E-state index >= 15 is 0 Å². The third-order valence-corrected chi connectivity index (χ3v) is 3.94. The number of rotatable bonds is 3. The summed E-state index contributed by atoms with van der Waals surface area (Å²) in [4.78, 5) is 11.4. The van der Waals surface area contributed by atoms with Gasteiger partial charge in [-0.2, -0.15) is 0 Å². The van der Waals surface area contributed by atoms with Crippen molar-refractivity contribution >= 4 is 23.1 Å². The highest BCUT2D eigenvalue weighted by Gasteiger charge is 2.24. The molecule has 1 aliphatic carbocycles. The van der Waals surface area contributed by atoms with Gasteiger partial charge in [-0.25, -0.2) is 0 Å². The van der Waals surface area contributed by atoms with Crippen LogP contribution in [0.2, 0.25) is 0 Å². The second kappa shape index (κ2) is 5.53. The number of hydrogen-bond donors (Lipinski definition) is 2. The number of hydrogen-bond acceptors (Lipinski definition) is 2. The molecule has 0 saturated heterocycles. The number of fused-ring (bicyclic) bond motifs is 1. The second-order valence-corrected chi connectivity index (χ2v) is 5.45. The first-order chi connectivity index (χ1) is 10.6. The van der Waals surface area contributed by atoms with E-state index in [4.69, 9.17) is 5.73 Å². The lowest BCUT2D eigenvalue weighted by molar-refractivity contribution is -0.117. The fourth-order valence-electron chi connectivity index (χ4n) is 2.89. The van der Waals surface area contributed by atoms with Crippen LogP contribution in [0.5, 0.6) is 5.75 Å². The summed E-state index contributed by atoms with van der Waals surface area (Å²) in [7, 11) is 0. The number of nitrogens with two attached hydrogens (primary N) is 1. The van der Waals surface area contributed by atoms with Crippen molar-refractivity contribution in [2.24, 2.45) is 5.73 Å². The molecular weight excluding hydrogens is 274 g/mol. The van der Waals surface area contributed by atoms with Crippen LogP contribution in [0.4, 0.5) is 0 Å². The Bertz CT molecular complexity index is 801. The lowest BCUT2D eigenvalue weighted by Gasteiger charge is -2.05. The monoisotopic (exact) mass is 291 g/mol. The summed E-state index contributed by atoms with van der Waals surface area (Å²) < 4.78 is 0. The predicted molar refractivity (Wildman–Crippen MR) is 88.8 cm³/mol. The molecule has 0 radical (unpaired) electrons. The van der Waals surface area contributed by atoms with Crippen LogP contribution in [0.3, 0.4) is 0 Å². The van der Waals surface area contributed by atoms with E-state index in [1.165, 1.54) is 0 Å². The van der Waals surface area contributed by atoms with E-state index in [2.05, 4.69) is 6.08 Å². The van der Waals surface area contributed by atoms with Crippen LogP contribution in [0, 0.1) is 0 Å². The first-order valence-corrected chi connectivity index (χ1v) is 7.15. The van der Waals surface area contributed by atoms with Crippen LogP contribution in [-0.4, -0.2) is 11.0 Å². The summed E-state index contributed by atoms with van der Waals surface area (Å²) in [5.41, 5.74) is 11.4. The average molecular weight is 291 g/mol. The first kappa shape index (κ1) is 14.1. The smallest absolute Gasteiger partial charge is 0.221 e. The highest BCUT2D eigenvalue weighted by atomic mass is 16.3. The minimum absolute atomic E-state index is 0.175. The van der Waals surface area contributed by atoms with Crippen LogP contribution in [0.15, 0.2) is 54.1 Å². The topological polar surface area (TPSA) is 63.3 Å². The highest BCUT2D eigenvalue weighted by Crippen LogP contribution is 2.44. The SMILES string of the molecule is CC1=C(CC(N)=O)c2cc(O)ccc2C1=Cc1ccccc1. The maximum Gasteiger partial charge on any atom is 0.221 e. The van der Waals surface area contributed by atoms with Gasteiger partial charge in [-0.05, 0) is 58.5 Å². The number of allylic oxidation sites excluding steroid dienone is 2. The number of phenolic OH excluding ortho intramolecular Hbond substituents is 1. The zero-order valence-electron chi connectivity index (χ0n) is 12.3. The van der Waals surface area contributed by atoms with E-state index < -0.39 is 0 Å². The molecule has 0 bridgehead atoms. The molecule has 1 aliphatic rings. The Morgan fingerprint density at radius 3 is 2.55 bits per heavy atom. The van der Waals surface area contributed by atoms with Crippen molar-refractivity contribution in [1.29, 1.82) is 0 Å². The van der Waals surface area contributed by atoms with Crippen LogP contribution in [0.1, 0.15) is 30.0 Å². The molecule has 0 atom stereocenters. The van der Waals surface area contributed by atoms with Crippen molar-refractivity contribution in [3.05, 3.63) is 70.8 Å². The van der Waals surface area contributed by atoms with E-state index in [9.17, 15) is 9.90 Å². The summed E-state index contributed by atoms with van der Waals surface area (Å²) in [5.74, 6) is -0.181. The fraction of sp³-hybridized carbons (Fsp3) is 0.105. The zero-order chi connectivity index (χ0) is 15.7. The molecule has 110 valence electrons. The number of benzene rings is 2. The minimum atomic E-state index is -0.371. The maximum atomic E-state index is 11.4. The second-order valence-electron chi connectivity index (χ2n) is 5.45. The van der Waals surface area contributed by atoms with Crippen LogP contribution in [-0.2, 0) is 4.79 Å². The number of phenols is 1. The van der Waals surface area contributed by atoms with Crippen molar-refractivity contribution < 1.29 is 9.90 Å². The fourth-order valence-corrected chi connectivity index (χ4v) is 2.89. The van der Waals surface area contributed by atoms with Crippen molar-refractivity contribution in [3.8, 4) is 5.75 Å². The zero-order valence-corrected chi connectivity index (χ0v) is 12.3. The summed E-state index contributed by atoms with van der Waals surface area (Å²) in [6, 6.07) is 15.3. The minimum Gasteiger partial charge on any atom is -0.508 e. The van der Waals surface area contributed by atoms with Gasteiger partial charge in [0, 0.05) is 0 Å². The van der Waals surface area contributed by atoms with Gasteiger partial charge in [0.25, 0.3) is 0 Å². The van der Waals surface area contributed by atoms with Crippen LogP contribution >= 0.6 is 0 Å². The van der Waals surface area contributed by atoms with Gasteiger partial charge in [0.15, 0.2) is 0 Å². The molecule has 3 N–H and O–H groups in total. The molecule has 0 saturated carbocycles. The number of aromatic hydroxyl groups is 1. The molecule has 1 amide bonds. The van der Waals surface area contributed by atoms with E-state index in [0.717, 1.165) is 33.4 Å². The Balaban J connectivity index is 2.17. The average Bonchev–Trinajstić information content (AvgIpc) is 2.73. The number of carbonyl (C=O) groups excluding carboxylic acids is 1. The van der Waals surface area contributed by atoms with Crippen LogP contribution in [0.25, 0.3) is 17.2 Å². The molecule has 0 unspecified atom stereocenters. The molecule has 0 aromatic heterocycles. The van der Waals surface area contributed by atoms with Gasteiger partial charge in [0.05, 0.1) is 6.42 Å². The Morgan fingerprint density at radius 2 is 1.86 bits per heavy atom. The Kier molecular flexibility index (Phi) is 3.55. The van der Waals surface area contributed by atoms with Gasteiger partial charge in [-0.3, -0.25) is 4.79 Å². The van der Waals surface area contributed by atoms with Crippen molar-refractivity contribution in [1.82, 2.24) is 0 Å². The lowest BCUT2D eigenvalue weighted by Crippen LogP contribution is -2.10. The van der Waals surface area contributed by atoms with Crippen LogP contribution < -0.4 is 5.73 Å². The quantitative estimate of drug-likeness (QED) is 0.907. The normalized spacial score (nSPS) is 15.2. The van der Waals surface area contributed by atoms with Crippen molar-refractivity contribution in [2.45, 2.75) is 13.3 Å². The first-order valence-electron chi connectivity index (χ1n) is 7.15. The Labute approximate surface area is 129 Å². The molecular formula is C19H17NO2. The Hall–Kier alpha value is -2.81. The molecule has 0 spiro atoms. The molecule has 0 heterocycles. The predicted octanol–water partition coefficient (Wildman–Crippen LogP) is 3.60. The molecule has 3 heteroatoms. The lowest BCUT2D eigenvalue weighted by atomic mass is 10.0. The molecule has 3 rings (SSSR count). The number of primary amides is 1. The van der Waals surface area contributed by atoms with Crippen molar-refractivity contribution in [2.75, 3.05) is 0 Å². The molecule has 2 aromatic carbocycles. The van der Waals surface area contributed by atoms with E-state index in [1.54, 1.807) is 12.1 Å². The van der Waals surface area contributed by atoms with Gasteiger partial charge in [0.1, 0.15) is 5.75 Å². The molecule has 22 heavy (non-hydrogen) atoms. The van der Waals surface area contributed by atoms with Gasteiger partial charge < -0.3 is 10.8 Å². The maximum absolute atomic E-state index is 11.4. The molecule has 0 fully saturated rings. The summed E-state index contributed by atoms with van der Waals surface area (Å²) in [6.45, 7) is 1.99. The molecule has 0 aliphatic heterocycles. The standard InChI is InChI=1S/C19H17NO2/c1-12-16(9-13-5-3-2-4-6-13)15-8-7-14(21)10-18(15)17(12)11-19(20)22/h2-10,21H,11H2,1H3,(H2,20,22). The number of amides is 1. The number of carbonyl (C=O) groups is 1. The third kappa shape index (κ3) is 2.53. The van der Waals surface area contributed by atoms with E-state index in [1.807, 2.05) is 43.3 Å². The van der Waals surface area contributed by atoms with E-state index in [0.29, 0.717) is 0 Å². The van der Waals surface area contributed by atoms with Gasteiger partial charge in [-0.1, -0.05) is 36.4 Å². The summed E-state index contributed by atoms with van der Waals surface area (Å²) in [6.07, 6.45) is 2.27. The summed E-state index contributed by atoms with van der Waals surface area (Å²) >= 11 is 0. The molecule has 2 aromatic rings. The van der Waals surface area contributed by atoms with Gasteiger partial charge in [-0.15, -0.1) is 0 Å². The Morgan fingerprint density at radius 1 is 1.14 bits per heavy atom. The van der Waals surface area contributed by atoms with E-state index in [-0.39, 0.29) is 18.1 Å². The highest BCUT2D eigenvalue weighted by molar-refractivity contribution is 6.08. The van der Waals surface area contributed by atoms with Crippen molar-refractivity contribution in [3.63, 3.8) is 0 Å². The largest absolute Gasteiger partial charge is 0.508 e. The third-order valence-electron chi connectivity index (χ3n) is 3.94. The molecule has 3 nitrogen and oxygen atoms in total. The van der Waals surface area contributed by atoms with Gasteiger partial charge in [0.2, 0.25) is 5.91 Å². The van der Waals surface area contributed by atoms with Gasteiger partial charge >= 0.3 is 0 Å².